The van der Waals surface area contributed by atoms with E-state index < -0.39 is 11.7 Å². The first-order valence-corrected chi connectivity index (χ1v) is 14.8. The molecule has 0 radical (unpaired) electrons. The third kappa shape index (κ3) is 5.30. The Hall–Kier alpha value is -2.03. The number of hydrogen-bond acceptors (Lipinski definition) is 6. The predicted octanol–water partition coefficient (Wildman–Crippen LogP) is 5.24. The summed E-state index contributed by atoms with van der Waals surface area (Å²) in [5, 5.41) is 3.26. The first-order chi connectivity index (χ1) is 17.7. The van der Waals surface area contributed by atoms with Gasteiger partial charge in [0.05, 0.1) is 10.9 Å². The number of benzene rings is 1. The minimum atomic E-state index is -0.809. The summed E-state index contributed by atoms with van der Waals surface area (Å²) in [5.74, 6) is 0.331. The topological polar surface area (TPSA) is 80.2 Å². The number of ether oxygens (including phenoxy) is 2. The molecule has 1 aromatic carbocycles. The second-order valence-electron chi connectivity index (χ2n) is 10.9. The molecule has 5 rings (SSSR count). The van der Waals surface area contributed by atoms with E-state index in [1.54, 1.807) is 13.0 Å². The summed E-state index contributed by atoms with van der Waals surface area (Å²) in [7, 11) is 0. The number of aliphatic imine (C=N–C) groups is 1. The molecular formula is C28H36ClN3O4S. The number of dihydropyridines is 1. The first-order valence-electron chi connectivity index (χ1n) is 13.2. The van der Waals surface area contributed by atoms with Crippen molar-refractivity contribution in [1.82, 2.24) is 10.2 Å². The minimum Gasteiger partial charge on any atom is -0.448 e. The Bertz CT molecular complexity index is 1160. The third-order valence-corrected chi connectivity index (χ3v) is 9.50. The number of piperidine rings is 1. The number of nitrogens with zero attached hydrogens (tertiary/aromatic N) is 2. The number of hydrogen-bond donors (Lipinski definition) is 1. The fourth-order valence-electron chi connectivity index (χ4n) is 5.82. The van der Waals surface area contributed by atoms with Crippen molar-refractivity contribution in [3.8, 4) is 11.5 Å². The Kier molecular flexibility index (Phi) is 7.63. The van der Waals surface area contributed by atoms with E-state index in [1.165, 1.54) is 37.6 Å². The molecule has 2 fully saturated rings. The van der Waals surface area contributed by atoms with Crippen molar-refractivity contribution < 1.29 is 19.1 Å². The Labute approximate surface area is 228 Å². The maximum Gasteiger partial charge on any atom is 0.255 e. The van der Waals surface area contributed by atoms with Crippen molar-refractivity contribution in [2.24, 2.45) is 22.7 Å². The summed E-state index contributed by atoms with van der Waals surface area (Å²) in [6, 6.07) is 1.64. The molecule has 7 nitrogen and oxygen atoms in total. The maximum atomic E-state index is 13.2. The summed E-state index contributed by atoms with van der Waals surface area (Å²) in [4.78, 5) is 33.2. The van der Waals surface area contributed by atoms with E-state index in [2.05, 4.69) is 15.2 Å². The lowest BCUT2D eigenvalue weighted by atomic mass is 9.83. The second-order valence-corrected chi connectivity index (χ2v) is 12.2. The highest BCUT2D eigenvalue weighted by molar-refractivity contribution is 8.02. The average molecular weight is 546 g/mol. The van der Waals surface area contributed by atoms with Crippen molar-refractivity contribution in [3.63, 3.8) is 0 Å². The molecule has 9 heteroatoms. The van der Waals surface area contributed by atoms with E-state index in [9.17, 15) is 9.59 Å². The maximum absolute atomic E-state index is 13.2. The molecule has 1 saturated heterocycles. The number of nitrogens with one attached hydrogen (secondary N) is 1. The fraction of sp³-hybridized carbons (Fsp3) is 0.607. The monoisotopic (exact) mass is 545 g/mol. The Balaban J connectivity index is 1.25. The Morgan fingerprint density at radius 3 is 2.57 bits per heavy atom. The van der Waals surface area contributed by atoms with E-state index in [4.69, 9.17) is 21.1 Å². The van der Waals surface area contributed by atoms with Gasteiger partial charge in [0.25, 0.3) is 17.6 Å². The lowest BCUT2D eigenvalue weighted by Gasteiger charge is -2.40. The van der Waals surface area contributed by atoms with Gasteiger partial charge in [-0.2, -0.15) is 0 Å². The molecule has 1 N–H and O–H groups in total. The lowest BCUT2D eigenvalue weighted by Crippen LogP contribution is -2.49. The van der Waals surface area contributed by atoms with Gasteiger partial charge in [0.15, 0.2) is 11.5 Å². The van der Waals surface area contributed by atoms with E-state index in [0.29, 0.717) is 33.4 Å². The zero-order valence-corrected chi connectivity index (χ0v) is 23.6. The molecule has 1 saturated carbocycles. The second kappa shape index (κ2) is 10.6. The van der Waals surface area contributed by atoms with Gasteiger partial charge in [0.1, 0.15) is 0 Å². The van der Waals surface area contributed by atoms with Crippen LogP contribution in [0.15, 0.2) is 22.0 Å². The van der Waals surface area contributed by atoms with Gasteiger partial charge < -0.3 is 19.7 Å². The average Bonchev–Trinajstić information content (AvgIpc) is 3.22. The molecule has 2 atom stereocenters. The number of carbonyl (C=O) groups excluding carboxylic acids is 2. The summed E-state index contributed by atoms with van der Waals surface area (Å²) < 4.78 is 12.8. The van der Waals surface area contributed by atoms with Crippen LogP contribution in [0.25, 0.3) is 0 Å². The summed E-state index contributed by atoms with van der Waals surface area (Å²) in [6.07, 6.45) is 9.93. The van der Waals surface area contributed by atoms with Crippen LogP contribution >= 0.6 is 23.4 Å². The SMILES string of the molecule is CSC1=CC(C)=NC(=O)C1CNC(=O)c1cc(Cl)c2c(c1C)OC(C)(C1CCN(CC3CCC3)CC1)O2. The molecule has 200 valence electrons. The molecular weight excluding hydrogens is 510 g/mol. The van der Waals surface area contributed by atoms with Crippen LogP contribution in [0.4, 0.5) is 0 Å². The van der Waals surface area contributed by atoms with Crippen LogP contribution in [0.3, 0.4) is 0 Å². The molecule has 2 amide bonds. The predicted molar refractivity (Wildman–Crippen MR) is 148 cm³/mol. The smallest absolute Gasteiger partial charge is 0.255 e. The number of rotatable bonds is 7. The molecule has 0 aromatic heterocycles. The standard InChI is InChI=1S/C28H36ClN3O4S/c1-16-12-23(37-4)21(27(34)31-16)14-30-26(33)20-13-22(29)25-24(17(20)2)35-28(3,36-25)19-8-10-32(11-9-19)15-18-6-5-7-18/h12-13,18-19,21H,5-11,14-15H2,1-4H3,(H,30,33). The van der Waals surface area contributed by atoms with Crippen molar-refractivity contribution in [2.45, 2.75) is 58.7 Å². The van der Waals surface area contributed by atoms with Gasteiger partial charge in [-0.15, -0.1) is 11.8 Å². The van der Waals surface area contributed by atoms with E-state index in [1.807, 2.05) is 26.2 Å². The van der Waals surface area contributed by atoms with Gasteiger partial charge in [0.2, 0.25) is 0 Å². The zero-order valence-electron chi connectivity index (χ0n) is 22.1. The lowest BCUT2D eigenvalue weighted by molar-refractivity contribution is -0.125. The minimum absolute atomic E-state index is 0.170. The molecule has 0 spiro atoms. The number of carbonyl (C=O) groups is 2. The van der Waals surface area contributed by atoms with Gasteiger partial charge in [-0.25, -0.2) is 4.99 Å². The van der Waals surface area contributed by atoms with Gasteiger partial charge in [0, 0.05) is 47.7 Å². The van der Waals surface area contributed by atoms with Crippen LogP contribution in [0.5, 0.6) is 11.5 Å². The highest BCUT2D eigenvalue weighted by Crippen LogP contribution is 2.51. The van der Waals surface area contributed by atoms with Gasteiger partial charge in [-0.05, 0) is 76.9 Å². The molecule has 4 aliphatic rings. The number of fused-ring (bicyclic) bond motifs is 1. The number of allylic oxidation sites excluding steroid dienone is 1. The normalized spacial score (nSPS) is 26.5. The van der Waals surface area contributed by atoms with Crippen molar-refractivity contribution in [1.29, 1.82) is 0 Å². The fourth-order valence-corrected chi connectivity index (χ4v) is 6.81. The quantitative estimate of drug-likeness (QED) is 0.504. The zero-order chi connectivity index (χ0) is 26.3. The van der Waals surface area contributed by atoms with Gasteiger partial charge >= 0.3 is 0 Å². The van der Waals surface area contributed by atoms with Crippen LogP contribution in [0, 0.1) is 24.7 Å². The van der Waals surface area contributed by atoms with E-state index in [-0.39, 0.29) is 24.3 Å². The van der Waals surface area contributed by atoms with E-state index in [0.717, 1.165) is 36.8 Å². The Morgan fingerprint density at radius 1 is 1.22 bits per heavy atom. The molecule has 3 heterocycles. The van der Waals surface area contributed by atoms with Crippen LogP contribution in [-0.2, 0) is 4.79 Å². The van der Waals surface area contributed by atoms with Crippen LogP contribution < -0.4 is 14.8 Å². The molecule has 37 heavy (non-hydrogen) atoms. The summed E-state index contributed by atoms with van der Waals surface area (Å²) >= 11 is 8.11. The molecule has 3 aliphatic heterocycles. The van der Waals surface area contributed by atoms with E-state index >= 15 is 0 Å². The third-order valence-electron chi connectivity index (χ3n) is 8.34. The van der Waals surface area contributed by atoms with Crippen LogP contribution in [0.1, 0.15) is 61.9 Å². The van der Waals surface area contributed by atoms with Crippen molar-refractivity contribution in [2.75, 3.05) is 32.4 Å². The number of likely N-dealkylation sites (tertiary alicyclic amines) is 1. The largest absolute Gasteiger partial charge is 0.448 e. The van der Waals surface area contributed by atoms with Crippen molar-refractivity contribution >= 4 is 40.9 Å². The first kappa shape index (κ1) is 26.6. The number of amides is 2. The highest BCUT2D eigenvalue weighted by Gasteiger charge is 2.47. The van der Waals surface area contributed by atoms with Crippen LogP contribution in [0.2, 0.25) is 5.02 Å². The molecule has 1 aliphatic carbocycles. The molecule has 1 aromatic rings. The Morgan fingerprint density at radius 2 is 1.92 bits per heavy atom. The molecule has 2 unspecified atom stereocenters. The van der Waals surface area contributed by atoms with Gasteiger partial charge in [-0.3, -0.25) is 9.59 Å². The van der Waals surface area contributed by atoms with Crippen molar-refractivity contribution in [3.05, 3.63) is 33.2 Å². The summed E-state index contributed by atoms with van der Waals surface area (Å²) in [6.45, 7) is 9.13. The van der Waals surface area contributed by atoms with Crippen LogP contribution in [-0.4, -0.2) is 60.6 Å². The highest BCUT2D eigenvalue weighted by atomic mass is 35.5. The number of halogens is 1. The summed E-state index contributed by atoms with van der Waals surface area (Å²) in [5.41, 5.74) is 1.79. The van der Waals surface area contributed by atoms with Gasteiger partial charge in [-0.1, -0.05) is 18.0 Å². The number of thioether (sulfide) groups is 1. The molecule has 0 bridgehead atoms.